The Bertz CT molecular complexity index is 1530. The average Bonchev–Trinajstić information content (AvgIpc) is 3.33. The summed E-state index contributed by atoms with van der Waals surface area (Å²) in [7, 11) is -1.36. The van der Waals surface area contributed by atoms with Crippen LogP contribution >= 0.6 is 10.8 Å². The number of carbonyl (C=O) groups is 1. The fourth-order valence-electron chi connectivity index (χ4n) is 5.10. The molecule has 0 bridgehead atoms. The number of hydrogen-bond donors (Lipinski definition) is 4. The van der Waals surface area contributed by atoms with Gasteiger partial charge in [-0.1, -0.05) is 0 Å². The minimum absolute atomic E-state index is 0.0382. The number of H-pyrrole nitrogens is 1. The summed E-state index contributed by atoms with van der Waals surface area (Å²) in [6.45, 7) is 5.78. The molecular weight excluding hydrogens is 524 g/mol. The topological polar surface area (TPSA) is 166 Å². The first-order valence-electron chi connectivity index (χ1n) is 12.6. The van der Waals surface area contributed by atoms with E-state index < -0.39 is 34.0 Å². The molecule has 0 spiro atoms. The lowest BCUT2D eigenvalue weighted by molar-refractivity contribution is -0.176. The summed E-state index contributed by atoms with van der Waals surface area (Å²) in [5, 5.41) is 18.0. The predicted molar refractivity (Wildman–Crippen MR) is 146 cm³/mol. The van der Waals surface area contributed by atoms with Gasteiger partial charge in [-0.15, -0.1) is 10.8 Å². The second kappa shape index (κ2) is 9.65. The van der Waals surface area contributed by atoms with Crippen LogP contribution in [-0.2, 0) is 26.4 Å². The molecule has 0 aliphatic carbocycles. The molecule has 0 amide bonds. The average molecular weight is 557 g/mol. The number of fused-ring (bicyclic) bond motifs is 2. The van der Waals surface area contributed by atoms with Crippen molar-refractivity contribution < 1.29 is 23.4 Å². The fourth-order valence-corrected chi connectivity index (χ4v) is 6.48. The van der Waals surface area contributed by atoms with Crippen molar-refractivity contribution in [3.8, 4) is 6.07 Å². The molecule has 1 aromatic carbocycles. The maximum Gasteiger partial charge on any atom is 0.335 e. The van der Waals surface area contributed by atoms with E-state index in [1.165, 1.54) is 10.5 Å². The van der Waals surface area contributed by atoms with E-state index in [4.69, 9.17) is 14.6 Å². The standard InChI is InChI=1S/C26H32N6O6S/c1-25(2,3)38-24(34)19-7-9-26(10-11-27,15-37-19)32-18-8-12-28-23(33)21(18)22(30-32)29-17-5-6-20-16(13-17)14-31(4)39(20,35)36/h5-6,8,12-13,19,35-36H,7,9-10,14-15H2,1-4H3,(H,28,33)(H,29,30). The number of aromatic amines is 1. The van der Waals surface area contributed by atoms with Gasteiger partial charge in [-0.2, -0.15) is 10.4 Å². The molecule has 4 heterocycles. The Balaban J connectivity index is 1.49. The number of rotatable bonds is 5. The van der Waals surface area contributed by atoms with Crippen molar-refractivity contribution in [2.75, 3.05) is 19.0 Å². The number of carbonyl (C=O) groups excluding carboxylic acids is 1. The first-order valence-corrected chi connectivity index (χ1v) is 14.1. The van der Waals surface area contributed by atoms with Crippen LogP contribution in [0.1, 0.15) is 45.6 Å². The third-order valence-electron chi connectivity index (χ3n) is 7.00. The van der Waals surface area contributed by atoms with Crippen LogP contribution in [0.15, 0.2) is 40.2 Å². The van der Waals surface area contributed by atoms with Gasteiger partial charge in [0.2, 0.25) is 0 Å². The van der Waals surface area contributed by atoms with Crippen molar-refractivity contribution in [2.45, 2.75) is 68.7 Å². The summed E-state index contributed by atoms with van der Waals surface area (Å²) in [6.07, 6.45) is 1.57. The molecule has 1 saturated heterocycles. The SMILES string of the molecule is CN1Cc2cc(Nc3nn(C4(CC#N)CCC(C(=O)OC(C)(C)C)OC4)c4cc[nH]c(=O)c34)ccc2S1(O)O. The molecule has 12 nitrogen and oxygen atoms in total. The number of aromatic nitrogens is 3. The maximum atomic E-state index is 13.0. The summed E-state index contributed by atoms with van der Waals surface area (Å²) < 4.78 is 35.4. The van der Waals surface area contributed by atoms with Crippen molar-refractivity contribution in [3.63, 3.8) is 0 Å². The normalized spacial score (nSPS) is 23.7. The Morgan fingerprint density at radius 1 is 1.38 bits per heavy atom. The van der Waals surface area contributed by atoms with E-state index in [-0.39, 0.29) is 24.4 Å². The van der Waals surface area contributed by atoms with Gasteiger partial charge in [0.1, 0.15) is 11.0 Å². The van der Waals surface area contributed by atoms with E-state index >= 15 is 0 Å². The van der Waals surface area contributed by atoms with Gasteiger partial charge in [0.15, 0.2) is 11.9 Å². The lowest BCUT2D eigenvalue weighted by Crippen LogP contribution is -2.47. The van der Waals surface area contributed by atoms with Gasteiger partial charge in [-0.05, 0) is 63.4 Å². The molecule has 3 aromatic rings. The zero-order valence-electron chi connectivity index (χ0n) is 22.2. The molecule has 4 N–H and O–H groups in total. The van der Waals surface area contributed by atoms with Gasteiger partial charge in [0.05, 0.1) is 35.0 Å². The van der Waals surface area contributed by atoms with E-state index in [2.05, 4.69) is 16.4 Å². The molecule has 0 radical (unpaired) electrons. The molecule has 2 aliphatic rings. The van der Waals surface area contributed by atoms with Crippen molar-refractivity contribution in [1.82, 2.24) is 19.1 Å². The first kappa shape index (κ1) is 27.2. The number of benzene rings is 1. The van der Waals surface area contributed by atoms with Crippen LogP contribution in [0.4, 0.5) is 11.5 Å². The lowest BCUT2D eigenvalue weighted by Gasteiger charge is -2.39. The summed E-state index contributed by atoms with van der Waals surface area (Å²) in [5.41, 5.74) is -0.0109. The van der Waals surface area contributed by atoms with E-state index in [9.17, 15) is 24.0 Å². The summed E-state index contributed by atoms with van der Waals surface area (Å²) in [5.74, 6) is -0.160. The minimum atomic E-state index is -3.01. The van der Waals surface area contributed by atoms with Crippen molar-refractivity contribution in [1.29, 1.82) is 5.26 Å². The zero-order chi connectivity index (χ0) is 28.2. The molecule has 2 atom stereocenters. The van der Waals surface area contributed by atoms with Crippen LogP contribution < -0.4 is 10.9 Å². The fraction of sp³-hybridized carbons (Fsp3) is 0.462. The summed E-state index contributed by atoms with van der Waals surface area (Å²) >= 11 is 0. The Hall–Kier alpha value is -3.41. The number of hydrogen-bond acceptors (Lipinski definition) is 10. The van der Waals surface area contributed by atoms with Crippen LogP contribution in [0.5, 0.6) is 0 Å². The van der Waals surface area contributed by atoms with Gasteiger partial charge < -0.3 is 19.8 Å². The third-order valence-corrected chi connectivity index (χ3v) is 8.99. The molecule has 1 fully saturated rings. The van der Waals surface area contributed by atoms with E-state index in [0.717, 1.165) is 5.56 Å². The monoisotopic (exact) mass is 556 g/mol. The quantitative estimate of drug-likeness (QED) is 0.337. The number of nitrogens with one attached hydrogen (secondary N) is 2. The van der Waals surface area contributed by atoms with E-state index in [1.54, 1.807) is 56.8 Å². The molecule has 0 saturated carbocycles. The third kappa shape index (κ3) is 4.90. The van der Waals surface area contributed by atoms with Gasteiger partial charge in [-0.25, -0.2) is 9.10 Å². The van der Waals surface area contributed by atoms with Gasteiger partial charge >= 0.3 is 5.97 Å². The molecule has 5 rings (SSSR count). The zero-order valence-corrected chi connectivity index (χ0v) is 23.0. The van der Waals surface area contributed by atoms with Crippen LogP contribution in [0.2, 0.25) is 0 Å². The number of nitrogens with zero attached hydrogens (tertiary/aromatic N) is 4. The van der Waals surface area contributed by atoms with Gasteiger partial charge in [0, 0.05) is 25.5 Å². The predicted octanol–water partition coefficient (Wildman–Crippen LogP) is 4.07. The second-order valence-electron chi connectivity index (χ2n) is 11.0. The number of nitriles is 1. The number of esters is 1. The van der Waals surface area contributed by atoms with Crippen LogP contribution in [-0.4, -0.2) is 59.5 Å². The molecule has 208 valence electrons. The van der Waals surface area contributed by atoms with Crippen LogP contribution in [0, 0.1) is 11.3 Å². The Labute approximate surface area is 227 Å². The Kier molecular flexibility index (Phi) is 6.72. The van der Waals surface area contributed by atoms with Crippen molar-refractivity contribution >= 4 is 39.2 Å². The molecular formula is C26H32N6O6S. The molecule has 2 aromatic heterocycles. The lowest BCUT2D eigenvalue weighted by atomic mass is 9.87. The molecule has 2 unspecified atom stereocenters. The highest BCUT2D eigenvalue weighted by Crippen LogP contribution is 2.58. The Morgan fingerprint density at radius 2 is 2.15 bits per heavy atom. The largest absolute Gasteiger partial charge is 0.458 e. The summed E-state index contributed by atoms with van der Waals surface area (Å²) in [6, 6.07) is 9.11. The van der Waals surface area contributed by atoms with Crippen molar-refractivity contribution in [3.05, 3.63) is 46.4 Å². The second-order valence-corrected chi connectivity index (χ2v) is 13.1. The van der Waals surface area contributed by atoms with Gasteiger partial charge in [-0.3, -0.25) is 18.6 Å². The molecule has 39 heavy (non-hydrogen) atoms. The highest BCUT2D eigenvalue weighted by Gasteiger charge is 2.43. The smallest absolute Gasteiger partial charge is 0.335 e. The number of ether oxygens (including phenoxy) is 2. The van der Waals surface area contributed by atoms with Crippen LogP contribution in [0.25, 0.3) is 10.9 Å². The highest BCUT2D eigenvalue weighted by atomic mass is 32.3. The number of pyridine rings is 1. The Morgan fingerprint density at radius 3 is 2.82 bits per heavy atom. The molecule has 13 heteroatoms. The minimum Gasteiger partial charge on any atom is -0.458 e. The highest BCUT2D eigenvalue weighted by molar-refractivity contribution is 8.22. The first-order chi connectivity index (χ1) is 18.3. The van der Waals surface area contributed by atoms with Gasteiger partial charge in [0.25, 0.3) is 5.56 Å². The van der Waals surface area contributed by atoms with Crippen molar-refractivity contribution in [2.24, 2.45) is 0 Å². The summed E-state index contributed by atoms with van der Waals surface area (Å²) in [4.78, 5) is 28.7. The molecule has 2 aliphatic heterocycles. The van der Waals surface area contributed by atoms with E-state index in [1.807, 2.05) is 0 Å². The maximum absolute atomic E-state index is 13.0. The van der Waals surface area contributed by atoms with Crippen LogP contribution in [0.3, 0.4) is 0 Å². The van der Waals surface area contributed by atoms with E-state index in [0.29, 0.717) is 40.9 Å². The number of anilines is 2.